The number of methoxy groups -OCH3 is 1. The zero-order chi connectivity index (χ0) is 21.2. The van der Waals surface area contributed by atoms with Gasteiger partial charge in [-0.1, -0.05) is 11.3 Å². The highest BCUT2D eigenvalue weighted by atomic mass is 32.1. The first-order chi connectivity index (χ1) is 13.7. The predicted octanol–water partition coefficient (Wildman–Crippen LogP) is 4.58. The van der Waals surface area contributed by atoms with E-state index in [2.05, 4.69) is 15.3 Å². The zero-order valence-electron chi connectivity index (χ0n) is 15.7. The van der Waals surface area contributed by atoms with Crippen molar-refractivity contribution in [2.45, 2.75) is 20.0 Å². The molecule has 0 aliphatic rings. The average Bonchev–Trinajstić information content (AvgIpc) is 3.28. The van der Waals surface area contributed by atoms with Crippen LogP contribution in [0.2, 0.25) is 0 Å². The number of aromatic nitrogens is 3. The first-order valence-electron chi connectivity index (χ1n) is 8.44. The van der Waals surface area contributed by atoms with Crippen molar-refractivity contribution in [2.75, 3.05) is 19.0 Å². The molecular weight excluding hydrogens is 409 g/mol. The molecule has 1 N–H and O–H groups in total. The van der Waals surface area contributed by atoms with E-state index < -0.39 is 22.7 Å². The maximum atomic E-state index is 13.2. The zero-order valence-corrected chi connectivity index (χ0v) is 16.5. The van der Waals surface area contributed by atoms with Gasteiger partial charge in [-0.2, -0.15) is 13.2 Å². The number of nitrogens with one attached hydrogen (secondary N) is 1. The second-order valence-corrected chi connectivity index (χ2v) is 6.85. The number of esters is 1. The molecule has 0 aliphatic carbocycles. The number of anilines is 2. The Morgan fingerprint density at radius 2 is 2.10 bits per heavy atom. The lowest BCUT2D eigenvalue weighted by Gasteiger charge is -2.11. The minimum absolute atomic E-state index is 0.0385. The molecule has 3 aromatic rings. The number of halogens is 3. The van der Waals surface area contributed by atoms with Gasteiger partial charge in [0.2, 0.25) is 0 Å². The number of carbonyl (C=O) groups excluding carboxylic acids is 1. The number of hydrogen-bond donors (Lipinski definition) is 1. The van der Waals surface area contributed by atoms with E-state index in [-0.39, 0.29) is 11.7 Å². The van der Waals surface area contributed by atoms with Crippen LogP contribution in [0.1, 0.15) is 28.0 Å². The molecule has 11 heteroatoms. The van der Waals surface area contributed by atoms with Gasteiger partial charge in [0.25, 0.3) is 0 Å². The van der Waals surface area contributed by atoms with Crippen molar-refractivity contribution >= 4 is 28.1 Å². The van der Waals surface area contributed by atoms with Crippen LogP contribution in [0.4, 0.5) is 24.0 Å². The monoisotopic (exact) mass is 426 g/mol. The molecule has 0 fully saturated rings. The summed E-state index contributed by atoms with van der Waals surface area (Å²) in [4.78, 5) is 19.0. The van der Waals surface area contributed by atoms with Gasteiger partial charge in [-0.25, -0.2) is 14.8 Å². The summed E-state index contributed by atoms with van der Waals surface area (Å²) in [6.07, 6.45) is -1.34. The third kappa shape index (κ3) is 4.50. The highest BCUT2D eigenvalue weighted by Crippen LogP contribution is 2.38. The lowest BCUT2D eigenvalue weighted by Crippen LogP contribution is -2.13. The van der Waals surface area contributed by atoms with Crippen molar-refractivity contribution in [3.8, 4) is 11.4 Å². The molecule has 0 spiro atoms. The SMILES string of the molecule is CCOC(=O)c1sc(Nc2ccc(-n3cnc(C)c3)c(OC)c2)nc1C(F)(F)F. The molecule has 0 radical (unpaired) electrons. The van der Waals surface area contributed by atoms with Crippen LogP contribution in [0.5, 0.6) is 5.75 Å². The maximum Gasteiger partial charge on any atom is 0.435 e. The molecule has 0 atom stereocenters. The number of alkyl halides is 3. The first-order valence-corrected chi connectivity index (χ1v) is 9.25. The van der Waals surface area contributed by atoms with Crippen molar-refractivity contribution in [3.05, 3.63) is 47.0 Å². The van der Waals surface area contributed by atoms with Crippen molar-refractivity contribution in [2.24, 2.45) is 0 Å². The van der Waals surface area contributed by atoms with Crippen LogP contribution in [-0.4, -0.2) is 34.2 Å². The number of ether oxygens (including phenoxy) is 2. The van der Waals surface area contributed by atoms with Gasteiger partial charge in [-0.15, -0.1) is 0 Å². The van der Waals surface area contributed by atoms with Crippen LogP contribution >= 0.6 is 11.3 Å². The Morgan fingerprint density at radius 3 is 2.69 bits per heavy atom. The number of benzene rings is 1. The topological polar surface area (TPSA) is 78.3 Å². The molecule has 0 saturated carbocycles. The summed E-state index contributed by atoms with van der Waals surface area (Å²) in [5, 5.41) is 2.70. The number of carbonyl (C=O) groups is 1. The molecule has 0 aliphatic heterocycles. The molecule has 0 bridgehead atoms. The van der Waals surface area contributed by atoms with E-state index in [1.807, 2.05) is 13.1 Å². The maximum absolute atomic E-state index is 13.2. The fourth-order valence-electron chi connectivity index (χ4n) is 2.55. The largest absolute Gasteiger partial charge is 0.494 e. The highest BCUT2D eigenvalue weighted by Gasteiger charge is 2.40. The standard InChI is InChI=1S/C18H17F3N4O3S/c1-4-28-16(26)14-15(18(19,20)21)24-17(29-14)23-11-5-6-12(13(7-11)27-3)25-8-10(2)22-9-25/h5-9H,4H2,1-3H3,(H,23,24). The number of hydrogen-bond acceptors (Lipinski definition) is 7. The number of thiazole rings is 1. The minimum atomic E-state index is -4.78. The Morgan fingerprint density at radius 1 is 1.34 bits per heavy atom. The molecule has 2 heterocycles. The van der Waals surface area contributed by atoms with E-state index in [4.69, 9.17) is 9.47 Å². The molecular formula is C18H17F3N4O3S. The number of nitrogens with zero attached hydrogens (tertiary/aromatic N) is 3. The summed E-state index contributed by atoms with van der Waals surface area (Å²) in [6, 6.07) is 5.00. The van der Waals surface area contributed by atoms with Gasteiger partial charge < -0.3 is 19.4 Å². The van der Waals surface area contributed by atoms with Crippen LogP contribution < -0.4 is 10.1 Å². The predicted molar refractivity (Wildman–Crippen MR) is 101 cm³/mol. The molecule has 0 unspecified atom stereocenters. The Labute approximate surface area is 168 Å². The van der Waals surface area contributed by atoms with E-state index in [0.29, 0.717) is 28.5 Å². The van der Waals surface area contributed by atoms with Gasteiger partial charge in [-0.05, 0) is 26.0 Å². The number of rotatable bonds is 6. The second-order valence-electron chi connectivity index (χ2n) is 5.85. The van der Waals surface area contributed by atoms with E-state index in [9.17, 15) is 18.0 Å². The smallest absolute Gasteiger partial charge is 0.435 e. The Balaban J connectivity index is 1.92. The molecule has 0 saturated heterocycles. The summed E-state index contributed by atoms with van der Waals surface area (Å²) in [6.45, 7) is 3.32. The van der Waals surface area contributed by atoms with Crippen molar-refractivity contribution < 1.29 is 27.4 Å². The first kappa shape index (κ1) is 20.6. The summed E-state index contributed by atoms with van der Waals surface area (Å²) >= 11 is 0.574. The number of imidazole rings is 1. The van der Waals surface area contributed by atoms with E-state index in [1.165, 1.54) is 14.0 Å². The van der Waals surface area contributed by atoms with E-state index in [1.54, 1.807) is 29.1 Å². The van der Waals surface area contributed by atoms with Crippen LogP contribution in [-0.2, 0) is 10.9 Å². The Bertz CT molecular complexity index is 1030. The Kier molecular flexibility index (Phi) is 5.78. The molecule has 2 aromatic heterocycles. The van der Waals surface area contributed by atoms with Crippen molar-refractivity contribution in [1.29, 1.82) is 0 Å². The molecule has 0 amide bonds. The van der Waals surface area contributed by atoms with Gasteiger partial charge in [0.15, 0.2) is 10.8 Å². The highest BCUT2D eigenvalue weighted by molar-refractivity contribution is 7.17. The molecule has 29 heavy (non-hydrogen) atoms. The Hall–Kier alpha value is -3.08. The van der Waals surface area contributed by atoms with Gasteiger partial charge >= 0.3 is 12.1 Å². The van der Waals surface area contributed by atoms with Crippen molar-refractivity contribution in [3.63, 3.8) is 0 Å². The number of aryl methyl sites for hydroxylation is 1. The van der Waals surface area contributed by atoms with Crippen molar-refractivity contribution in [1.82, 2.24) is 14.5 Å². The quantitative estimate of drug-likeness (QED) is 0.581. The third-order valence-corrected chi connectivity index (χ3v) is 4.73. The molecule has 1 aromatic carbocycles. The lowest BCUT2D eigenvalue weighted by atomic mass is 10.2. The summed E-state index contributed by atoms with van der Waals surface area (Å²) in [7, 11) is 1.48. The fourth-order valence-corrected chi connectivity index (χ4v) is 3.45. The van der Waals surface area contributed by atoms with E-state index >= 15 is 0 Å². The molecule has 3 rings (SSSR count). The van der Waals surface area contributed by atoms with Crippen LogP contribution in [0.3, 0.4) is 0 Å². The molecule has 154 valence electrons. The third-order valence-electron chi connectivity index (χ3n) is 3.78. The van der Waals surface area contributed by atoms with Gasteiger partial charge in [0, 0.05) is 18.0 Å². The minimum Gasteiger partial charge on any atom is -0.494 e. The van der Waals surface area contributed by atoms with Crippen LogP contribution in [0.15, 0.2) is 30.7 Å². The fraction of sp³-hybridized carbons (Fsp3) is 0.278. The van der Waals surface area contributed by atoms with E-state index in [0.717, 1.165) is 5.69 Å². The van der Waals surface area contributed by atoms with Gasteiger partial charge in [-0.3, -0.25) is 0 Å². The lowest BCUT2D eigenvalue weighted by molar-refractivity contribution is -0.141. The summed E-state index contributed by atoms with van der Waals surface area (Å²) in [5.41, 5.74) is 0.699. The average molecular weight is 426 g/mol. The normalized spacial score (nSPS) is 11.4. The van der Waals surface area contributed by atoms with Crippen LogP contribution in [0, 0.1) is 6.92 Å². The summed E-state index contributed by atoms with van der Waals surface area (Å²) in [5.74, 6) is -0.584. The summed E-state index contributed by atoms with van der Waals surface area (Å²) < 4.78 is 51.6. The van der Waals surface area contributed by atoms with Gasteiger partial charge in [0.05, 0.1) is 31.4 Å². The van der Waals surface area contributed by atoms with Gasteiger partial charge in [0.1, 0.15) is 10.6 Å². The molecule has 7 nitrogen and oxygen atoms in total. The second kappa shape index (κ2) is 8.11. The van der Waals surface area contributed by atoms with Crippen LogP contribution in [0.25, 0.3) is 5.69 Å².